The first-order valence-corrected chi connectivity index (χ1v) is 4.88. The van der Waals surface area contributed by atoms with Crippen LogP contribution < -0.4 is 5.32 Å². The lowest BCUT2D eigenvalue weighted by atomic mass is 10.3. The molecule has 4 nitrogen and oxygen atoms in total. The number of amides is 1. The minimum absolute atomic E-state index is 0.0496. The maximum absolute atomic E-state index is 10.9. The van der Waals surface area contributed by atoms with Crippen molar-refractivity contribution >= 4 is 11.7 Å². The SMILES string of the molecule is CC.CCC(=O)Nc1noc(C)c1C. The topological polar surface area (TPSA) is 55.1 Å². The summed E-state index contributed by atoms with van der Waals surface area (Å²) in [5, 5.41) is 6.33. The predicted octanol–water partition coefficient (Wildman–Crippen LogP) is 2.67. The second-order valence-corrected chi connectivity index (χ2v) is 2.61. The lowest BCUT2D eigenvalue weighted by Gasteiger charge is -1.97. The van der Waals surface area contributed by atoms with E-state index in [-0.39, 0.29) is 5.91 Å². The van der Waals surface area contributed by atoms with Gasteiger partial charge in [0.25, 0.3) is 0 Å². The Morgan fingerprint density at radius 2 is 2.00 bits per heavy atom. The average molecular weight is 198 g/mol. The van der Waals surface area contributed by atoms with Gasteiger partial charge < -0.3 is 9.84 Å². The number of aromatic nitrogens is 1. The first kappa shape index (κ1) is 12.7. The molecular formula is C10H18N2O2. The first-order chi connectivity index (χ1) is 6.65. The van der Waals surface area contributed by atoms with Gasteiger partial charge in [0.15, 0.2) is 5.82 Å². The van der Waals surface area contributed by atoms with E-state index < -0.39 is 0 Å². The molecule has 4 heteroatoms. The number of carbonyl (C=O) groups is 1. The van der Waals surface area contributed by atoms with E-state index in [1.807, 2.05) is 27.7 Å². The summed E-state index contributed by atoms with van der Waals surface area (Å²) in [5.41, 5.74) is 0.886. The lowest BCUT2D eigenvalue weighted by Crippen LogP contribution is -2.10. The molecular weight excluding hydrogens is 180 g/mol. The van der Waals surface area contributed by atoms with Gasteiger partial charge in [-0.25, -0.2) is 0 Å². The Bertz CT molecular complexity index is 292. The van der Waals surface area contributed by atoms with Crippen molar-refractivity contribution in [3.63, 3.8) is 0 Å². The second-order valence-electron chi connectivity index (χ2n) is 2.61. The summed E-state index contributed by atoms with van der Waals surface area (Å²) in [4.78, 5) is 10.9. The van der Waals surface area contributed by atoms with Crippen LogP contribution in [0.25, 0.3) is 0 Å². The van der Waals surface area contributed by atoms with Gasteiger partial charge in [0.2, 0.25) is 5.91 Å². The third-order valence-electron chi connectivity index (χ3n) is 1.74. The quantitative estimate of drug-likeness (QED) is 0.794. The number of hydrogen-bond acceptors (Lipinski definition) is 3. The van der Waals surface area contributed by atoms with Crippen LogP contribution in [-0.2, 0) is 4.79 Å². The maximum atomic E-state index is 10.9. The zero-order valence-electron chi connectivity index (χ0n) is 9.47. The molecule has 1 N–H and O–H groups in total. The molecule has 0 aliphatic heterocycles. The molecule has 0 fully saturated rings. The zero-order chi connectivity index (χ0) is 11.1. The van der Waals surface area contributed by atoms with E-state index >= 15 is 0 Å². The molecule has 1 heterocycles. The minimum atomic E-state index is -0.0496. The van der Waals surface area contributed by atoms with E-state index in [1.54, 1.807) is 6.92 Å². The Kier molecular flexibility index (Phi) is 5.60. The van der Waals surface area contributed by atoms with Crippen molar-refractivity contribution in [1.82, 2.24) is 5.16 Å². The number of rotatable bonds is 2. The van der Waals surface area contributed by atoms with E-state index in [0.29, 0.717) is 12.2 Å². The van der Waals surface area contributed by atoms with Gasteiger partial charge in [0, 0.05) is 12.0 Å². The smallest absolute Gasteiger partial charge is 0.225 e. The minimum Gasteiger partial charge on any atom is -0.359 e. The second kappa shape index (κ2) is 6.18. The van der Waals surface area contributed by atoms with Crippen molar-refractivity contribution in [3.05, 3.63) is 11.3 Å². The number of aryl methyl sites for hydroxylation is 1. The summed E-state index contributed by atoms with van der Waals surface area (Å²) in [7, 11) is 0. The lowest BCUT2D eigenvalue weighted by molar-refractivity contribution is -0.115. The van der Waals surface area contributed by atoms with Crippen LogP contribution in [0, 0.1) is 13.8 Å². The van der Waals surface area contributed by atoms with Gasteiger partial charge in [-0.05, 0) is 13.8 Å². The molecule has 0 aliphatic carbocycles. The zero-order valence-corrected chi connectivity index (χ0v) is 9.47. The number of hydrogen-bond donors (Lipinski definition) is 1. The molecule has 1 aromatic heterocycles. The van der Waals surface area contributed by atoms with Gasteiger partial charge in [-0.2, -0.15) is 0 Å². The van der Waals surface area contributed by atoms with E-state index in [9.17, 15) is 4.79 Å². The number of nitrogens with one attached hydrogen (secondary N) is 1. The summed E-state index contributed by atoms with van der Waals surface area (Å²) >= 11 is 0. The van der Waals surface area contributed by atoms with Gasteiger partial charge in [-0.1, -0.05) is 25.9 Å². The molecule has 0 spiro atoms. The molecule has 1 aromatic rings. The summed E-state index contributed by atoms with van der Waals surface area (Å²) < 4.78 is 4.88. The highest BCUT2D eigenvalue weighted by atomic mass is 16.5. The van der Waals surface area contributed by atoms with E-state index in [2.05, 4.69) is 10.5 Å². The normalized spacial score (nSPS) is 8.93. The fourth-order valence-electron chi connectivity index (χ4n) is 0.755. The van der Waals surface area contributed by atoms with E-state index in [4.69, 9.17) is 4.52 Å². The third-order valence-corrected chi connectivity index (χ3v) is 1.74. The maximum Gasteiger partial charge on any atom is 0.225 e. The Hall–Kier alpha value is -1.32. The molecule has 0 aliphatic rings. The Labute approximate surface area is 84.7 Å². The molecule has 0 saturated carbocycles. The van der Waals surface area contributed by atoms with Crippen LogP contribution >= 0.6 is 0 Å². The molecule has 0 bridgehead atoms. The summed E-state index contributed by atoms with van der Waals surface area (Å²) in [6.07, 6.45) is 0.450. The van der Waals surface area contributed by atoms with Crippen molar-refractivity contribution in [2.45, 2.75) is 41.0 Å². The van der Waals surface area contributed by atoms with Crippen molar-refractivity contribution in [1.29, 1.82) is 0 Å². The molecule has 14 heavy (non-hydrogen) atoms. The van der Waals surface area contributed by atoms with Crippen molar-refractivity contribution in [3.8, 4) is 0 Å². The summed E-state index contributed by atoms with van der Waals surface area (Å²) in [6.45, 7) is 9.46. The van der Waals surface area contributed by atoms with Crippen LogP contribution in [0.1, 0.15) is 38.5 Å². The van der Waals surface area contributed by atoms with E-state index in [0.717, 1.165) is 11.3 Å². The van der Waals surface area contributed by atoms with Crippen LogP contribution in [0.15, 0.2) is 4.52 Å². The third kappa shape index (κ3) is 3.20. The molecule has 1 rings (SSSR count). The Balaban J connectivity index is 0.000000791. The Morgan fingerprint density at radius 3 is 2.36 bits per heavy atom. The first-order valence-electron chi connectivity index (χ1n) is 4.88. The van der Waals surface area contributed by atoms with Gasteiger partial charge >= 0.3 is 0 Å². The van der Waals surface area contributed by atoms with Crippen LogP contribution in [0.5, 0.6) is 0 Å². The molecule has 0 unspecified atom stereocenters. The number of nitrogens with zero attached hydrogens (tertiary/aromatic N) is 1. The number of anilines is 1. The molecule has 0 aromatic carbocycles. The van der Waals surface area contributed by atoms with Crippen LogP contribution in [0.2, 0.25) is 0 Å². The summed E-state index contributed by atoms with van der Waals surface area (Å²) in [6, 6.07) is 0. The fraction of sp³-hybridized carbons (Fsp3) is 0.600. The van der Waals surface area contributed by atoms with Crippen LogP contribution in [0.4, 0.5) is 5.82 Å². The van der Waals surface area contributed by atoms with Crippen molar-refractivity contribution in [2.24, 2.45) is 0 Å². The van der Waals surface area contributed by atoms with Crippen molar-refractivity contribution < 1.29 is 9.32 Å². The highest BCUT2D eigenvalue weighted by Gasteiger charge is 2.09. The average Bonchev–Trinajstić information content (AvgIpc) is 2.52. The molecule has 0 radical (unpaired) electrons. The van der Waals surface area contributed by atoms with Gasteiger partial charge in [-0.3, -0.25) is 4.79 Å². The number of carbonyl (C=O) groups excluding carboxylic acids is 1. The standard InChI is InChI=1S/C8H12N2O2.C2H6/c1-4-7(11)9-8-5(2)6(3)12-10-8;1-2/h4H2,1-3H3,(H,9,10,11);1-2H3. The Morgan fingerprint density at radius 1 is 1.43 bits per heavy atom. The molecule has 0 saturated heterocycles. The van der Waals surface area contributed by atoms with Crippen LogP contribution in [-0.4, -0.2) is 11.1 Å². The highest BCUT2D eigenvalue weighted by Crippen LogP contribution is 2.16. The fourth-order valence-corrected chi connectivity index (χ4v) is 0.755. The monoisotopic (exact) mass is 198 g/mol. The van der Waals surface area contributed by atoms with Gasteiger partial charge in [-0.15, -0.1) is 0 Å². The molecule has 80 valence electrons. The van der Waals surface area contributed by atoms with Gasteiger partial charge in [0.1, 0.15) is 5.76 Å². The van der Waals surface area contributed by atoms with Crippen molar-refractivity contribution in [2.75, 3.05) is 5.32 Å². The predicted molar refractivity (Wildman–Crippen MR) is 56.2 cm³/mol. The summed E-state index contributed by atoms with van der Waals surface area (Å²) in [5.74, 6) is 1.21. The van der Waals surface area contributed by atoms with Crippen LogP contribution in [0.3, 0.4) is 0 Å². The highest BCUT2D eigenvalue weighted by molar-refractivity contribution is 5.90. The largest absolute Gasteiger partial charge is 0.359 e. The molecule has 1 amide bonds. The molecule has 0 atom stereocenters. The van der Waals surface area contributed by atoms with Gasteiger partial charge in [0.05, 0.1) is 0 Å². The van der Waals surface area contributed by atoms with E-state index in [1.165, 1.54) is 0 Å².